The fourth-order valence-electron chi connectivity index (χ4n) is 2.12. The van der Waals surface area contributed by atoms with E-state index in [-0.39, 0.29) is 24.8 Å². The molecule has 0 aliphatic carbocycles. The van der Waals surface area contributed by atoms with Crippen LogP contribution >= 0.6 is 0 Å². The number of ether oxygens (including phenoxy) is 2. The van der Waals surface area contributed by atoms with Crippen molar-refractivity contribution < 1.29 is 53.8 Å². The maximum atomic E-state index is 8.53. The number of halogens is 2. The van der Waals surface area contributed by atoms with E-state index >= 15 is 0 Å². The van der Waals surface area contributed by atoms with Crippen molar-refractivity contribution in [1.29, 1.82) is 0 Å². The lowest BCUT2D eigenvalue weighted by Crippen LogP contribution is -3.00. The lowest BCUT2D eigenvalue weighted by atomic mass is 10.3. The largest absolute Gasteiger partial charge is 1.00 e. The first kappa shape index (κ1) is 25.5. The molecular weight excluding hydrogens is 407 g/mol. The third kappa shape index (κ3) is 9.98. The van der Waals surface area contributed by atoms with Gasteiger partial charge in [0.2, 0.25) is 0 Å². The number of nitrogens with zero attached hydrogens (tertiary/aromatic N) is 4. The summed E-state index contributed by atoms with van der Waals surface area (Å²) in [4.78, 5) is 0. The Labute approximate surface area is 175 Å². The Morgan fingerprint density at radius 1 is 0.786 bits per heavy atom. The molecule has 0 saturated heterocycles. The quantitative estimate of drug-likeness (QED) is 0.0990. The second-order valence-corrected chi connectivity index (χ2v) is 5.26. The van der Waals surface area contributed by atoms with Crippen LogP contribution in [0.4, 0.5) is 0 Å². The number of oxime groups is 2. The van der Waals surface area contributed by atoms with Gasteiger partial charge in [0.25, 0.3) is 13.5 Å². The molecule has 0 unspecified atom stereocenters. The molecule has 0 atom stereocenters. The molecule has 0 radical (unpaired) electrons. The molecule has 2 rings (SSSR count). The molecule has 0 saturated carbocycles. The summed E-state index contributed by atoms with van der Waals surface area (Å²) in [6.45, 7) is 1.72. The average Bonchev–Trinajstić information content (AvgIpc) is 2.65. The van der Waals surface area contributed by atoms with Crippen molar-refractivity contribution in [1.82, 2.24) is 0 Å². The average molecular weight is 429 g/mol. The number of hydrogen-bond acceptors (Lipinski definition) is 6. The zero-order chi connectivity index (χ0) is 18.5. The third-order valence-corrected chi connectivity index (χ3v) is 3.25. The second-order valence-electron chi connectivity index (χ2n) is 5.26. The first-order valence-electron chi connectivity index (χ1n) is 7.95. The second kappa shape index (κ2) is 15.5. The minimum Gasteiger partial charge on any atom is -1.00 e. The molecule has 0 aliphatic heterocycles. The van der Waals surface area contributed by atoms with Crippen molar-refractivity contribution in [3.05, 3.63) is 72.3 Å². The van der Waals surface area contributed by atoms with Crippen LogP contribution in [0.15, 0.2) is 71.5 Å². The molecule has 2 heterocycles. The maximum Gasteiger partial charge on any atom is 0.252 e. The van der Waals surface area contributed by atoms with Crippen LogP contribution in [0.1, 0.15) is 11.1 Å². The van der Waals surface area contributed by atoms with E-state index in [0.29, 0.717) is 26.7 Å². The molecule has 0 spiro atoms. The van der Waals surface area contributed by atoms with E-state index in [4.69, 9.17) is 19.9 Å². The number of pyridine rings is 2. The van der Waals surface area contributed by atoms with Gasteiger partial charge in [0.1, 0.15) is 0 Å². The van der Waals surface area contributed by atoms with Crippen molar-refractivity contribution in [3.8, 4) is 0 Å². The molecule has 0 amide bonds. The summed E-state index contributed by atoms with van der Waals surface area (Å²) in [7, 11) is 0. The number of rotatable bonds is 10. The van der Waals surface area contributed by atoms with Gasteiger partial charge in [-0.25, -0.2) is 0 Å². The molecule has 2 aromatic rings. The van der Waals surface area contributed by atoms with Gasteiger partial charge < -0.3 is 44.7 Å². The van der Waals surface area contributed by atoms with E-state index in [0.717, 1.165) is 11.1 Å². The fourth-order valence-corrected chi connectivity index (χ4v) is 2.12. The van der Waals surface area contributed by atoms with Gasteiger partial charge in [0.05, 0.1) is 36.8 Å². The fraction of sp³-hybridized carbons (Fsp3) is 0.222. The van der Waals surface area contributed by atoms with Gasteiger partial charge in [-0.15, -0.1) is 0 Å². The molecule has 10 heteroatoms. The van der Waals surface area contributed by atoms with Gasteiger partial charge in [0.15, 0.2) is 24.8 Å². The molecule has 2 N–H and O–H groups in total. The van der Waals surface area contributed by atoms with Gasteiger partial charge >= 0.3 is 0 Å². The van der Waals surface area contributed by atoms with Crippen molar-refractivity contribution in [2.45, 2.75) is 13.5 Å². The smallest absolute Gasteiger partial charge is 0.252 e. The summed E-state index contributed by atoms with van der Waals surface area (Å²) in [6, 6.07) is 7.36. The summed E-state index contributed by atoms with van der Waals surface area (Å²) in [6.07, 6.45) is 13.9. The standard InChI is InChI=1S/C18H20N4O4.2ClH/c23-19-11-17-5-3-7-21(13-17)15-25-9-1-2-10-26-16-22-8-4-6-18(14-22)12-20-24;;/h1-8,11-14H,9-10,15-16H2;2*1H/b2-1-,19-11+,20-12+;;. The van der Waals surface area contributed by atoms with Crippen molar-refractivity contribution in [2.75, 3.05) is 13.2 Å². The van der Waals surface area contributed by atoms with Crippen LogP contribution < -0.4 is 33.9 Å². The highest BCUT2D eigenvalue weighted by Gasteiger charge is 2.01. The van der Waals surface area contributed by atoms with Gasteiger partial charge in [-0.3, -0.25) is 0 Å². The Bertz CT molecular complexity index is 709. The Kier molecular flexibility index (Phi) is 14.1. The SMILES string of the molecule is O/N=C/c1ccc[n+](COC/C=C\COC[n+]2cccc(/C=N/O)c2)c1.[Cl-].[Cl-]. The van der Waals surface area contributed by atoms with Gasteiger partial charge in [-0.2, -0.15) is 9.13 Å². The van der Waals surface area contributed by atoms with E-state index in [1.54, 1.807) is 0 Å². The van der Waals surface area contributed by atoms with Gasteiger partial charge in [-0.1, -0.05) is 22.5 Å². The lowest BCUT2D eigenvalue weighted by Gasteiger charge is -1.99. The summed E-state index contributed by atoms with van der Waals surface area (Å²) in [5.74, 6) is 0. The predicted molar refractivity (Wildman–Crippen MR) is 93.1 cm³/mol. The monoisotopic (exact) mass is 428 g/mol. The zero-order valence-corrected chi connectivity index (χ0v) is 16.5. The number of aromatic nitrogens is 2. The van der Waals surface area contributed by atoms with Crippen LogP contribution in [-0.4, -0.2) is 36.1 Å². The molecule has 152 valence electrons. The summed E-state index contributed by atoms with van der Waals surface area (Å²) in [5.41, 5.74) is 1.57. The maximum absolute atomic E-state index is 8.53. The molecular formula is C18H22Cl2N4O4. The number of hydrogen-bond donors (Lipinski definition) is 2. The highest BCUT2D eigenvalue weighted by atomic mass is 35.5. The molecule has 28 heavy (non-hydrogen) atoms. The van der Waals surface area contributed by atoms with Crippen LogP contribution in [0, 0.1) is 0 Å². The molecule has 2 aromatic heterocycles. The van der Waals surface area contributed by atoms with Crippen molar-refractivity contribution >= 4 is 12.4 Å². The summed E-state index contributed by atoms with van der Waals surface area (Å²) in [5, 5.41) is 23.1. The summed E-state index contributed by atoms with van der Waals surface area (Å²) >= 11 is 0. The van der Waals surface area contributed by atoms with Crippen molar-refractivity contribution in [2.24, 2.45) is 10.3 Å². The normalized spacial score (nSPS) is 11.0. The van der Waals surface area contributed by atoms with E-state index < -0.39 is 0 Å². The van der Waals surface area contributed by atoms with Crippen LogP contribution in [-0.2, 0) is 22.9 Å². The Morgan fingerprint density at radius 3 is 1.61 bits per heavy atom. The minimum atomic E-state index is 0. The lowest BCUT2D eigenvalue weighted by molar-refractivity contribution is -0.732. The first-order valence-corrected chi connectivity index (χ1v) is 7.95. The molecule has 0 bridgehead atoms. The van der Waals surface area contributed by atoms with Gasteiger partial charge in [0, 0.05) is 12.1 Å². The van der Waals surface area contributed by atoms with Crippen LogP contribution in [0.5, 0.6) is 0 Å². The van der Waals surface area contributed by atoms with Gasteiger partial charge in [-0.05, 0) is 12.1 Å². The molecule has 8 nitrogen and oxygen atoms in total. The van der Waals surface area contributed by atoms with E-state index in [2.05, 4.69) is 10.3 Å². The molecule has 0 aromatic carbocycles. The topological polar surface area (TPSA) is 91.4 Å². The molecule has 0 fully saturated rings. The zero-order valence-electron chi connectivity index (χ0n) is 15.0. The predicted octanol–water partition coefficient (Wildman–Crippen LogP) is -4.91. The minimum absolute atomic E-state index is 0. The van der Waals surface area contributed by atoms with Crippen molar-refractivity contribution in [3.63, 3.8) is 0 Å². The van der Waals surface area contributed by atoms with E-state index in [1.165, 1.54) is 12.4 Å². The van der Waals surface area contributed by atoms with Crippen LogP contribution in [0.25, 0.3) is 0 Å². The van der Waals surface area contributed by atoms with E-state index in [1.807, 2.05) is 70.3 Å². The Hall–Kier alpha value is -2.52. The van der Waals surface area contributed by atoms with Crippen LogP contribution in [0.3, 0.4) is 0 Å². The first-order chi connectivity index (χ1) is 12.8. The highest BCUT2D eigenvalue weighted by molar-refractivity contribution is 5.78. The Balaban J connectivity index is 0.00000364. The molecule has 0 aliphatic rings. The highest BCUT2D eigenvalue weighted by Crippen LogP contribution is 1.91. The third-order valence-electron chi connectivity index (χ3n) is 3.25. The van der Waals surface area contributed by atoms with E-state index in [9.17, 15) is 0 Å². The van der Waals surface area contributed by atoms with Crippen LogP contribution in [0.2, 0.25) is 0 Å². The summed E-state index contributed by atoms with van der Waals surface area (Å²) < 4.78 is 14.8. The Morgan fingerprint density at radius 2 is 1.21 bits per heavy atom.